The van der Waals surface area contributed by atoms with Crippen molar-refractivity contribution in [3.05, 3.63) is 10.1 Å². The van der Waals surface area contributed by atoms with Crippen LogP contribution >= 0.6 is 31.6 Å². The third kappa shape index (κ3) is 7.93. The third-order valence-corrected chi connectivity index (χ3v) is 6.66. The number of unbranched alkanes of at least 4 members (excludes halogenated alkanes) is 6. The molecule has 0 aromatic carbocycles. The Kier molecular flexibility index (Phi) is 12.2. The van der Waals surface area contributed by atoms with E-state index in [1.165, 1.54) is 19.3 Å². The van der Waals surface area contributed by atoms with Crippen molar-refractivity contribution in [2.45, 2.75) is 72.1 Å². The van der Waals surface area contributed by atoms with Gasteiger partial charge in [-0.15, -0.1) is 0 Å². The van der Waals surface area contributed by atoms with E-state index in [-0.39, 0.29) is 5.90 Å². The molecule has 0 spiro atoms. The maximum atomic E-state index is 12.1. The zero-order chi connectivity index (χ0) is 19.4. The Bertz CT molecular complexity index is 517. The maximum Gasteiger partial charge on any atom is 0.369 e. The first-order valence-corrected chi connectivity index (χ1v) is 12.4. The van der Waals surface area contributed by atoms with Gasteiger partial charge in [-0.1, -0.05) is 76.2 Å². The van der Waals surface area contributed by atoms with Crippen molar-refractivity contribution in [3.63, 3.8) is 0 Å². The molecule has 0 saturated carbocycles. The molecule has 26 heavy (non-hydrogen) atoms. The van der Waals surface area contributed by atoms with E-state index in [1.807, 2.05) is 7.05 Å². The molecule has 0 aliphatic carbocycles. The first kappa shape index (κ1) is 24.0. The number of hydrogen-bond acceptors (Lipinski definition) is 5. The van der Waals surface area contributed by atoms with Gasteiger partial charge >= 0.3 is 8.25 Å². The summed E-state index contributed by atoms with van der Waals surface area (Å²) in [5, 5.41) is 6.09. The van der Waals surface area contributed by atoms with Crippen LogP contribution in [0.4, 0.5) is 0 Å². The highest BCUT2D eigenvalue weighted by molar-refractivity contribution is 8.02. The van der Waals surface area contributed by atoms with Crippen molar-refractivity contribution in [3.8, 4) is 0 Å². The van der Waals surface area contributed by atoms with E-state index in [0.29, 0.717) is 16.2 Å². The van der Waals surface area contributed by atoms with Gasteiger partial charge in [0.05, 0.1) is 13.7 Å². The van der Waals surface area contributed by atoms with Gasteiger partial charge in [-0.2, -0.15) is 4.59 Å². The van der Waals surface area contributed by atoms with Gasteiger partial charge in [-0.3, -0.25) is 0 Å². The minimum atomic E-state index is -2.63. The molecule has 1 heterocycles. The minimum absolute atomic E-state index is 0.262. The van der Waals surface area contributed by atoms with E-state index < -0.39 is 8.25 Å². The summed E-state index contributed by atoms with van der Waals surface area (Å²) >= 11 is 8.17. The van der Waals surface area contributed by atoms with Crippen LogP contribution in [0.15, 0.2) is 15.2 Å². The van der Waals surface area contributed by atoms with Crippen molar-refractivity contribution in [2.75, 3.05) is 26.0 Å². The standard InChI is InChI=1S/C18H35ClN2O3PS/c1-5-8-10-12-14-21(4)18(26-7-3)16(19)17(20-21)24-25(22)23-15-13-11-9-6-2/h25H,5-15H2,1-4H3/q+1. The summed E-state index contributed by atoms with van der Waals surface area (Å²) < 4.78 is 23.3. The van der Waals surface area contributed by atoms with Crippen LogP contribution in [0.2, 0.25) is 0 Å². The fourth-order valence-electron chi connectivity index (χ4n) is 2.79. The number of thioether (sulfide) groups is 1. The molecular weight excluding hydrogens is 391 g/mol. The molecular formula is C18H35ClN2O3PS+. The SMILES string of the molecule is CCCCCCO[PH](=O)OC1=N[N+](C)(CCCCCC)C(SCC)=C1Cl. The monoisotopic (exact) mass is 425 g/mol. The van der Waals surface area contributed by atoms with Crippen molar-refractivity contribution in [1.82, 2.24) is 0 Å². The molecule has 0 aromatic heterocycles. The van der Waals surface area contributed by atoms with Crippen LogP contribution < -0.4 is 0 Å². The van der Waals surface area contributed by atoms with E-state index in [9.17, 15) is 4.57 Å². The molecule has 0 bridgehead atoms. The average molecular weight is 426 g/mol. The lowest BCUT2D eigenvalue weighted by Gasteiger charge is -2.25. The molecule has 1 aliphatic heterocycles. The number of quaternary nitrogens is 1. The molecule has 1 rings (SSSR count). The summed E-state index contributed by atoms with van der Waals surface area (Å²) in [7, 11) is -0.594. The summed E-state index contributed by atoms with van der Waals surface area (Å²) in [4.78, 5) is 0. The Labute approximate surface area is 169 Å². The number of halogens is 1. The Morgan fingerprint density at radius 1 is 1.08 bits per heavy atom. The highest BCUT2D eigenvalue weighted by Gasteiger charge is 2.41. The van der Waals surface area contributed by atoms with Crippen molar-refractivity contribution in [2.24, 2.45) is 5.10 Å². The molecule has 5 nitrogen and oxygen atoms in total. The molecule has 0 saturated heterocycles. The average Bonchev–Trinajstić information content (AvgIpc) is 2.83. The van der Waals surface area contributed by atoms with E-state index in [4.69, 9.17) is 20.6 Å². The Balaban J connectivity index is 2.64. The molecule has 0 N–H and O–H groups in total. The fourth-order valence-corrected chi connectivity index (χ4v) is 4.84. The van der Waals surface area contributed by atoms with E-state index in [1.54, 1.807) is 11.8 Å². The second kappa shape index (κ2) is 13.2. The lowest BCUT2D eigenvalue weighted by atomic mass is 10.2. The highest BCUT2D eigenvalue weighted by Crippen LogP contribution is 2.41. The van der Waals surface area contributed by atoms with Gasteiger partial charge < -0.3 is 9.05 Å². The topological polar surface area (TPSA) is 47.9 Å². The number of nitrogens with zero attached hydrogens (tertiary/aromatic N) is 2. The quantitative estimate of drug-likeness (QED) is 0.181. The van der Waals surface area contributed by atoms with Gasteiger partial charge in [-0.05, 0) is 24.4 Å². The van der Waals surface area contributed by atoms with Crippen molar-refractivity contribution < 1.29 is 18.2 Å². The molecule has 0 amide bonds. The molecule has 2 unspecified atom stereocenters. The maximum absolute atomic E-state index is 12.1. The summed E-state index contributed by atoms with van der Waals surface area (Å²) in [6.07, 6.45) is 8.97. The normalized spacial score (nSPS) is 21.2. The van der Waals surface area contributed by atoms with Crippen LogP contribution in [0.25, 0.3) is 0 Å². The number of hydrogen-bond donors (Lipinski definition) is 0. The Morgan fingerprint density at radius 2 is 1.73 bits per heavy atom. The largest absolute Gasteiger partial charge is 0.401 e. The summed E-state index contributed by atoms with van der Waals surface area (Å²) in [5.41, 5.74) is 0. The minimum Gasteiger partial charge on any atom is -0.401 e. The molecule has 0 radical (unpaired) electrons. The van der Waals surface area contributed by atoms with Crippen LogP contribution in [0, 0.1) is 0 Å². The second-order valence-corrected chi connectivity index (χ2v) is 9.27. The third-order valence-electron chi connectivity index (χ3n) is 4.25. The molecule has 0 aromatic rings. The molecule has 0 fully saturated rings. The summed E-state index contributed by atoms with van der Waals surface area (Å²) in [5.74, 6) is 1.17. The molecule has 152 valence electrons. The second-order valence-electron chi connectivity index (χ2n) is 6.64. The predicted octanol–water partition coefficient (Wildman–Crippen LogP) is 6.50. The van der Waals surface area contributed by atoms with Crippen molar-refractivity contribution >= 4 is 37.5 Å². The van der Waals surface area contributed by atoms with Gasteiger partial charge in [0.1, 0.15) is 6.54 Å². The van der Waals surface area contributed by atoms with Crippen LogP contribution in [0.5, 0.6) is 0 Å². The molecule has 2 atom stereocenters. The number of rotatable bonds is 14. The zero-order valence-corrected chi connectivity index (χ0v) is 19.3. The van der Waals surface area contributed by atoms with Crippen LogP contribution in [-0.4, -0.2) is 36.4 Å². The van der Waals surface area contributed by atoms with Gasteiger partial charge in [-0.25, -0.2) is 4.57 Å². The lowest BCUT2D eigenvalue weighted by Crippen LogP contribution is -2.35. The van der Waals surface area contributed by atoms with Gasteiger partial charge in [0, 0.05) is 5.75 Å². The Morgan fingerprint density at radius 3 is 2.35 bits per heavy atom. The fraction of sp³-hybridized carbons (Fsp3) is 0.833. The lowest BCUT2D eigenvalue weighted by molar-refractivity contribution is -0.869. The highest BCUT2D eigenvalue weighted by atomic mass is 35.5. The van der Waals surface area contributed by atoms with Gasteiger partial charge in [0.2, 0.25) is 5.03 Å². The van der Waals surface area contributed by atoms with Crippen LogP contribution in [0.3, 0.4) is 0 Å². The van der Waals surface area contributed by atoms with E-state index >= 15 is 0 Å². The molecule has 8 heteroatoms. The van der Waals surface area contributed by atoms with E-state index in [2.05, 4.69) is 25.9 Å². The van der Waals surface area contributed by atoms with Gasteiger partial charge in [0.15, 0.2) is 5.03 Å². The predicted molar refractivity (Wildman–Crippen MR) is 114 cm³/mol. The van der Waals surface area contributed by atoms with Crippen LogP contribution in [0.1, 0.15) is 72.1 Å². The summed E-state index contributed by atoms with van der Waals surface area (Å²) in [6.45, 7) is 7.76. The first-order valence-electron chi connectivity index (χ1n) is 9.82. The smallest absolute Gasteiger partial charge is 0.369 e. The Hall–Kier alpha value is -0.0000000000000000555. The molecule has 1 aliphatic rings. The first-order chi connectivity index (χ1) is 12.5. The van der Waals surface area contributed by atoms with E-state index in [0.717, 1.165) is 49.4 Å². The van der Waals surface area contributed by atoms with Crippen LogP contribution in [-0.2, 0) is 13.6 Å². The summed E-state index contributed by atoms with van der Waals surface area (Å²) in [6, 6.07) is 0. The zero-order valence-electron chi connectivity index (χ0n) is 16.7. The van der Waals surface area contributed by atoms with Gasteiger partial charge in [0.25, 0.3) is 5.90 Å². The van der Waals surface area contributed by atoms with Crippen molar-refractivity contribution in [1.29, 1.82) is 0 Å².